The van der Waals surface area contributed by atoms with Gasteiger partial charge in [-0.15, -0.1) is 6.58 Å². The van der Waals surface area contributed by atoms with Crippen molar-refractivity contribution in [1.82, 2.24) is 19.6 Å². The van der Waals surface area contributed by atoms with Crippen molar-refractivity contribution >= 4 is 5.91 Å². The van der Waals surface area contributed by atoms with Crippen LogP contribution in [0.25, 0.3) is 0 Å². The molecule has 1 amide bonds. The fourth-order valence-electron chi connectivity index (χ4n) is 5.12. The lowest BCUT2D eigenvalue weighted by Crippen LogP contribution is -2.53. The number of rotatable bonds is 5. The average molecular weight is 342 g/mol. The zero-order valence-corrected chi connectivity index (χ0v) is 15.2. The standard InChI is InChI=1S/C20H30N4O/c1-2-10-23-15-17(13-21-23)14-22-12-9-20(16-22)8-5-11-24(19(20)25)18-6-3-4-7-18/h2,13,15,18H,1,3-12,14,16H2. The van der Waals surface area contributed by atoms with Crippen molar-refractivity contribution in [3.63, 3.8) is 0 Å². The smallest absolute Gasteiger partial charge is 0.230 e. The Labute approximate surface area is 150 Å². The van der Waals surface area contributed by atoms with Crippen LogP contribution in [0.3, 0.4) is 0 Å². The SMILES string of the molecule is C=CCn1cc(CN2CCC3(CCCN(C4CCCC4)C3=O)C2)cn1. The number of carbonyl (C=O) groups is 1. The second kappa shape index (κ2) is 6.94. The number of aromatic nitrogens is 2. The van der Waals surface area contributed by atoms with E-state index in [1.54, 1.807) is 0 Å². The molecule has 1 aliphatic carbocycles. The zero-order chi connectivity index (χ0) is 17.3. The molecule has 2 saturated heterocycles. The van der Waals surface area contributed by atoms with Gasteiger partial charge in [0.25, 0.3) is 0 Å². The van der Waals surface area contributed by atoms with Crippen LogP contribution in [0.1, 0.15) is 50.5 Å². The highest BCUT2D eigenvalue weighted by molar-refractivity contribution is 5.84. The third kappa shape index (κ3) is 3.26. The maximum Gasteiger partial charge on any atom is 0.230 e. The molecule has 0 N–H and O–H groups in total. The van der Waals surface area contributed by atoms with Crippen LogP contribution in [0, 0.1) is 5.41 Å². The summed E-state index contributed by atoms with van der Waals surface area (Å²) in [7, 11) is 0. The van der Waals surface area contributed by atoms with Crippen molar-refractivity contribution < 1.29 is 4.79 Å². The summed E-state index contributed by atoms with van der Waals surface area (Å²) in [4.78, 5) is 18.0. The number of piperidine rings is 1. The van der Waals surface area contributed by atoms with Gasteiger partial charge in [-0.05, 0) is 38.6 Å². The van der Waals surface area contributed by atoms with E-state index in [0.29, 0.717) is 11.9 Å². The lowest BCUT2D eigenvalue weighted by Gasteiger charge is -2.42. The van der Waals surface area contributed by atoms with Crippen molar-refractivity contribution in [1.29, 1.82) is 0 Å². The van der Waals surface area contributed by atoms with Crippen LogP contribution in [0.4, 0.5) is 0 Å². The first-order chi connectivity index (χ1) is 12.2. The van der Waals surface area contributed by atoms with Gasteiger partial charge in [-0.2, -0.15) is 5.10 Å². The van der Waals surface area contributed by atoms with Gasteiger partial charge >= 0.3 is 0 Å². The number of amides is 1. The van der Waals surface area contributed by atoms with Gasteiger partial charge in [-0.25, -0.2) is 0 Å². The number of allylic oxidation sites excluding steroid dienone is 1. The molecule has 4 rings (SSSR count). The molecule has 3 fully saturated rings. The van der Waals surface area contributed by atoms with Crippen molar-refractivity contribution in [2.24, 2.45) is 5.41 Å². The van der Waals surface area contributed by atoms with Crippen LogP contribution in [0.15, 0.2) is 25.0 Å². The fourth-order valence-corrected chi connectivity index (χ4v) is 5.12. The van der Waals surface area contributed by atoms with Crippen LogP contribution in [-0.4, -0.2) is 51.2 Å². The van der Waals surface area contributed by atoms with E-state index in [1.165, 1.54) is 37.7 Å². The molecule has 5 heteroatoms. The maximum atomic E-state index is 13.3. The Bertz CT molecular complexity index is 633. The molecule has 3 aliphatic rings. The van der Waals surface area contributed by atoms with Crippen LogP contribution in [0.2, 0.25) is 0 Å². The Balaban J connectivity index is 1.41. The minimum atomic E-state index is -0.113. The second-order valence-electron chi connectivity index (χ2n) is 8.14. The monoisotopic (exact) mass is 342 g/mol. The van der Waals surface area contributed by atoms with Gasteiger partial charge in [0.05, 0.1) is 18.2 Å². The van der Waals surface area contributed by atoms with Crippen molar-refractivity contribution in [3.8, 4) is 0 Å². The van der Waals surface area contributed by atoms with Gasteiger partial charge in [0.1, 0.15) is 0 Å². The third-order valence-electron chi connectivity index (χ3n) is 6.38. The first kappa shape index (κ1) is 16.8. The fraction of sp³-hybridized carbons (Fsp3) is 0.700. The average Bonchev–Trinajstić information content (AvgIpc) is 3.34. The van der Waals surface area contributed by atoms with Crippen LogP contribution < -0.4 is 0 Å². The minimum Gasteiger partial charge on any atom is -0.339 e. The van der Waals surface area contributed by atoms with Gasteiger partial charge in [0.2, 0.25) is 5.91 Å². The molecule has 136 valence electrons. The summed E-state index contributed by atoms with van der Waals surface area (Å²) in [6.45, 7) is 8.34. The van der Waals surface area contributed by atoms with Crippen molar-refractivity contribution in [2.45, 2.75) is 64.1 Å². The second-order valence-corrected chi connectivity index (χ2v) is 8.14. The summed E-state index contributed by atoms with van der Waals surface area (Å²) in [5, 5.41) is 4.37. The Kier molecular flexibility index (Phi) is 4.67. The zero-order valence-electron chi connectivity index (χ0n) is 15.2. The Morgan fingerprint density at radius 1 is 1.24 bits per heavy atom. The molecule has 3 heterocycles. The largest absolute Gasteiger partial charge is 0.339 e. The predicted molar refractivity (Wildman–Crippen MR) is 98.0 cm³/mol. The lowest BCUT2D eigenvalue weighted by atomic mass is 9.77. The van der Waals surface area contributed by atoms with Gasteiger partial charge < -0.3 is 4.90 Å². The molecule has 1 saturated carbocycles. The lowest BCUT2D eigenvalue weighted by molar-refractivity contribution is -0.148. The molecular weight excluding hydrogens is 312 g/mol. The van der Waals surface area contributed by atoms with E-state index in [4.69, 9.17) is 0 Å². The van der Waals surface area contributed by atoms with E-state index in [2.05, 4.69) is 27.7 Å². The summed E-state index contributed by atoms with van der Waals surface area (Å²) in [5.74, 6) is 0.454. The molecule has 0 aromatic carbocycles. The van der Waals surface area contributed by atoms with E-state index in [0.717, 1.165) is 45.6 Å². The van der Waals surface area contributed by atoms with E-state index in [1.807, 2.05) is 17.0 Å². The third-order valence-corrected chi connectivity index (χ3v) is 6.38. The van der Waals surface area contributed by atoms with Crippen molar-refractivity contribution in [3.05, 3.63) is 30.6 Å². The molecular formula is C20H30N4O. The molecule has 0 radical (unpaired) electrons. The predicted octanol–water partition coefficient (Wildman–Crippen LogP) is 2.83. The summed E-state index contributed by atoms with van der Waals surface area (Å²) < 4.78 is 1.92. The number of hydrogen-bond acceptors (Lipinski definition) is 3. The summed E-state index contributed by atoms with van der Waals surface area (Å²) in [6.07, 6.45) is 14.2. The molecule has 0 bridgehead atoms. The van der Waals surface area contributed by atoms with E-state index < -0.39 is 0 Å². The van der Waals surface area contributed by atoms with E-state index >= 15 is 0 Å². The maximum absolute atomic E-state index is 13.3. The summed E-state index contributed by atoms with van der Waals surface area (Å²) >= 11 is 0. The Morgan fingerprint density at radius 2 is 2.08 bits per heavy atom. The van der Waals surface area contributed by atoms with Crippen LogP contribution in [0.5, 0.6) is 0 Å². The topological polar surface area (TPSA) is 41.4 Å². The highest BCUT2D eigenvalue weighted by atomic mass is 16.2. The molecule has 1 atom stereocenters. The van der Waals surface area contributed by atoms with E-state index in [9.17, 15) is 4.79 Å². The Morgan fingerprint density at radius 3 is 2.88 bits per heavy atom. The molecule has 1 aromatic heterocycles. The first-order valence-electron chi connectivity index (χ1n) is 9.86. The Hall–Kier alpha value is -1.62. The molecule has 1 spiro atoms. The quantitative estimate of drug-likeness (QED) is 0.773. The van der Waals surface area contributed by atoms with Gasteiger partial charge in [-0.1, -0.05) is 18.9 Å². The highest BCUT2D eigenvalue weighted by Crippen LogP contribution is 2.42. The van der Waals surface area contributed by atoms with Crippen molar-refractivity contribution in [2.75, 3.05) is 19.6 Å². The van der Waals surface area contributed by atoms with Crippen LogP contribution >= 0.6 is 0 Å². The number of carbonyl (C=O) groups excluding carboxylic acids is 1. The molecule has 1 aromatic rings. The minimum absolute atomic E-state index is 0.113. The molecule has 25 heavy (non-hydrogen) atoms. The van der Waals surface area contributed by atoms with Crippen LogP contribution in [-0.2, 0) is 17.9 Å². The van der Waals surface area contributed by atoms with Gasteiger partial charge in [0, 0.05) is 37.4 Å². The number of hydrogen-bond donors (Lipinski definition) is 0. The molecule has 1 unspecified atom stereocenters. The number of likely N-dealkylation sites (tertiary alicyclic amines) is 2. The number of nitrogens with zero attached hydrogens (tertiary/aromatic N) is 4. The van der Waals surface area contributed by atoms with Gasteiger partial charge in [0.15, 0.2) is 0 Å². The molecule has 2 aliphatic heterocycles. The first-order valence-corrected chi connectivity index (χ1v) is 9.86. The normalized spacial score (nSPS) is 28.3. The summed E-state index contributed by atoms with van der Waals surface area (Å²) in [6, 6.07) is 0.524. The summed E-state index contributed by atoms with van der Waals surface area (Å²) in [5.41, 5.74) is 1.12. The molecule has 5 nitrogen and oxygen atoms in total. The highest BCUT2D eigenvalue weighted by Gasteiger charge is 2.49. The van der Waals surface area contributed by atoms with E-state index in [-0.39, 0.29) is 5.41 Å². The van der Waals surface area contributed by atoms with Gasteiger partial charge in [-0.3, -0.25) is 14.4 Å².